The molecule has 0 fully saturated rings. The maximum absolute atomic E-state index is 9.65. The van der Waals surface area contributed by atoms with Crippen molar-refractivity contribution in [2.45, 2.75) is 12.5 Å². The number of rotatable bonds is 5. The van der Waals surface area contributed by atoms with Crippen molar-refractivity contribution in [2.75, 3.05) is 6.61 Å². The molecule has 0 spiro atoms. The quantitative estimate of drug-likeness (QED) is 0.782. The van der Waals surface area contributed by atoms with E-state index in [0.29, 0.717) is 17.1 Å². The van der Waals surface area contributed by atoms with Crippen molar-refractivity contribution in [1.29, 1.82) is 0 Å². The Kier molecular flexibility index (Phi) is 4.22. The molecule has 0 amide bonds. The van der Waals surface area contributed by atoms with Crippen molar-refractivity contribution < 1.29 is 5.11 Å². The molecule has 1 N–H and O–H groups in total. The van der Waals surface area contributed by atoms with Crippen LogP contribution in [0.2, 0.25) is 5.02 Å². The number of aliphatic hydroxyl groups is 1. The van der Waals surface area contributed by atoms with Gasteiger partial charge >= 0.3 is 0 Å². The van der Waals surface area contributed by atoms with E-state index in [9.17, 15) is 5.11 Å². The van der Waals surface area contributed by atoms with Crippen molar-refractivity contribution in [3.63, 3.8) is 0 Å². The summed E-state index contributed by atoms with van der Waals surface area (Å²) in [5.74, 6) is 0.745. The first-order valence-electron chi connectivity index (χ1n) is 6.92. The molecule has 3 rings (SSSR count). The van der Waals surface area contributed by atoms with Crippen LogP contribution in [0.25, 0.3) is 11.5 Å². The van der Waals surface area contributed by atoms with Gasteiger partial charge in [0.15, 0.2) is 5.82 Å². The molecule has 0 aliphatic carbocycles. The van der Waals surface area contributed by atoms with Gasteiger partial charge in [-0.05, 0) is 24.1 Å². The minimum Gasteiger partial charge on any atom is -0.394 e. The van der Waals surface area contributed by atoms with E-state index >= 15 is 0 Å². The third kappa shape index (κ3) is 3.03. The number of hydrogen-bond donors (Lipinski definition) is 1. The molecule has 2 aromatic heterocycles. The van der Waals surface area contributed by atoms with Gasteiger partial charge in [-0.2, -0.15) is 0 Å². The van der Waals surface area contributed by atoms with Crippen molar-refractivity contribution in [3.05, 3.63) is 53.4 Å². The van der Waals surface area contributed by atoms with Gasteiger partial charge in [0, 0.05) is 24.5 Å². The summed E-state index contributed by atoms with van der Waals surface area (Å²) in [4.78, 5) is 4.25. The van der Waals surface area contributed by atoms with Gasteiger partial charge in [0.25, 0.3) is 0 Å². The van der Waals surface area contributed by atoms with E-state index < -0.39 is 0 Å². The maximum Gasteiger partial charge on any atom is 0.161 e. The van der Waals surface area contributed by atoms with Crippen LogP contribution in [-0.2, 0) is 13.5 Å². The maximum atomic E-state index is 9.65. The summed E-state index contributed by atoms with van der Waals surface area (Å²) in [5.41, 5.74) is 1.76. The molecule has 0 radical (unpaired) electrons. The number of aromatic nitrogens is 5. The Morgan fingerprint density at radius 3 is 2.68 bits per heavy atom. The first-order valence-corrected chi connectivity index (χ1v) is 7.30. The van der Waals surface area contributed by atoms with Crippen molar-refractivity contribution in [1.82, 2.24) is 24.5 Å². The topological polar surface area (TPSA) is 68.8 Å². The number of aliphatic hydroxyl groups excluding tert-OH is 1. The second-order valence-corrected chi connectivity index (χ2v) is 5.55. The van der Waals surface area contributed by atoms with Crippen LogP contribution in [0.3, 0.4) is 0 Å². The molecule has 22 heavy (non-hydrogen) atoms. The molecule has 1 unspecified atom stereocenters. The Labute approximate surface area is 133 Å². The smallest absolute Gasteiger partial charge is 0.161 e. The first-order chi connectivity index (χ1) is 10.7. The van der Waals surface area contributed by atoms with E-state index in [1.807, 2.05) is 42.1 Å². The molecule has 0 aliphatic heterocycles. The largest absolute Gasteiger partial charge is 0.394 e. The Morgan fingerprint density at radius 2 is 2.05 bits per heavy atom. The highest BCUT2D eigenvalue weighted by atomic mass is 35.5. The monoisotopic (exact) mass is 317 g/mol. The molecule has 1 atom stereocenters. The lowest BCUT2D eigenvalue weighted by Crippen LogP contribution is -2.16. The van der Waals surface area contributed by atoms with Crippen molar-refractivity contribution >= 4 is 11.6 Å². The molecule has 114 valence electrons. The summed E-state index contributed by atoms with van der Waals surface area (Å²) in [5, 5.41) is 18.6. The molecule has 2 heterocycles. The molecule has 0 bridgehead atoms. The van der Waals surface area contributed by atoms with Crippen LogP contribution in [-0.4, -0.2) is 36.3 Å². The normalized spacial score (nSPS) is 12.5. The second kappa shape index (κ2) is 6.29. The summed E-state index contributed by atoms with van der Waals surface area (Å²) in [6, 6.07) is 7.39. The summed E-state index contributed by atoms with van der Waals surface area (Å²) in [7, 11) is 1.90. The van der Waals surface area contributed by atoms with E-state index in [4.69, 9.17) is 11.6 Å². The van der Waals surface area contributed by atoms with Crippen LogP contribution in [0.4, 0.5) is 0 Å². The molecule has 0 saturated heterocycles. The van der Waals surface area contributed by atoms with Gasteiger partial charge in [0.2, 0.25) is 0 Å². The van der Waals surface area contributed by atoms with E-state index in [2.05, 4.69) is 15.3 Å². The standard InChI is InChI=1S/C15H16ClN5O/c1-20-7-6-17-15(20)14-9-21(19-18-14)13(10-22)8-11-2-4-12(16)5-3-11/h2-7,9,13,22H,8,10H2,1H3. The fraction of sp³-hybridized carbons (Fsp3) is 0.267. The minimum absolute atomic E-state index is 0.0218. The average Bonchev–Trinajstić information content (AvgIpc) is 3.15. The predicted octanol–water partition coefficient (Wildman–Crippen LogP) is 2.11. The van der Waals surface area contributed by atoms with E-state index in [0.717, 1.165) is 11.4 Å². The lowest BCUT2D eigenvalue weighted by atomic mass is 10.1. The van der Waals surface area contributed by atoms with Crippen LogP contribution in [0.5, 0.6) is 0 Å². The summed E-state index contributed by atoms with van der Waals surface area (Å²) in [6.45, 7) is -0.0218. The number of benzene rings is 1. The SMILES string of the molecule is Cn1ccnc1-c1cn(C(CO)Cc2ccc(Cl)cc2)nn1. The predicted molar refractivity (Wildman–Crippen MR) is 83.5 cm³/mol. The zero-order chi connectivity index (χ0) is 15.5. The zero-order valence-electron chi connectivity index (χ0n) is 12.1. The van der Waals surface area contributed by atoms with Crippen molar-refractivity contribution in [3.8, 4) is 11.5 Å². The highest BCUT2D eigenvalue weighted by Gasteiger charge is 2.15. The lowest BCUT2D eigenvalue weighted by Gasteiger charge is -2.14. The molecule has 3 aromatic rings. The number of aryl methyl sites for hydroxylation is 1. The summed E-state index contributed by atoms with van der Waals surface area (Å²) >= 11 is 5.89. The third-order valence-corrected chi connectivity index (χ3v) is 3.78. The molecule has 0 aliphatic rings. The van der Waals surface area contributed by atoms with Crippen LogP contribution in [0.1, 0.15) is 11.6 Å². The molecular formula is C15H16ClN5O. The molecule has 6 nitrogen and oxygen atoms in total. The lowest BCUT2D eigenvalue weighted by molar-refractivity contribution is 0.216. The van der Waals surface area contributed by atoms with Gasteiger partial charge in [-0.15, -0.1) is 5.10 Å². The van der Waals surface area contributed by atoms with E-state index in [1.165, 1.54) is 0 Å². The van der Waals surface area contributed by atoms with Crippen molar-refractivity contribution in [2.24, 2.45) is 7.05 Å². The number of imidazole rings is 1. The molecular weight excluding hydrogens is 302 g/mol. The number of nitrogens with zero attached hydrogens (tertiary/aromatic N) is 5. The Balaban J connectivity index is 1.81. The Hall–Kier alpha value is -2.18. The first kappa shape index (κ1) is 14.7. The van der Waals surface area contributed by atoms with Gasteiger partial charge in [0.1, 0.15) is 5.69 Å². The van der Waals surface area contributed by atoms with Gasteiger partial charge in [-0.3, -0.25) is 0 Å². The molecule has 1 aromatic carbocycles. The van der Waals surface area contributed by atoms with Gasteiger partial charge in [-0.1, -0.05) is 28.9 Å². The van der Waals surface area contributed by atoms with Gasteiger partial charge < -0.3 is 9.67 Å². The number of halogens is 1. The van der Waals surface area contributed by atoms with Gasteiger partial charge in [-0.25, -0.2) is 9.67 Å². The minimum atomic E-state index is -0.178. The van der Waals surface area contributed by atoms with E-state index in [1.54, 1.807) is 17.1 Å². The Morgan fingerprint density at radius 1 is 1.27 bits per heavy atom. The fourth-order valence-corrected chi connectivity index (χ4v) is 2.43. The van der Waals surface area contributed by atoms with Crippen LogP contribution in [0, 0.1) is 0 Å². The third-order valence-electron chi connectivity index (χ3n) is 3.53. The highest BCUT2D eigenvalue weighted by molar-refractivity contribution is 6.30. The van der Waals surface area contributed by atoms with Crippen LogP contribution in [0.15, 0.2) is 42.9 Å². The summed E-state index contributed by atoms with van der Waals surface area (Å²) in [6.07, 6.45) is 6.02. The summed E-state index contributed by atoms with van der Waals surface area (Å²) < 4.78 is 3.56. The van der Waals surface area contributed by atoms with Gasteiger partial charge in [0.05, 0.1) is 18.8 Å². The Bertz CT molecular complexity index is 749. The molecule has 7 heteroatoms. The van der Waals surface area contributed by atoms with Crippen LogP contribution < -0.4 is 0 Å². The molecule has 0 saturated carbocycles. The van der Waals surface area contributed by atoms with Crippen LogP contribution >= 0.6 is 11.6 Å². The average molecular weight is 318 g/mol. The second-order valence-electron chi connectivity index (χ2n) is 5.11. The zero-order valence-corrected chi connectivity index (χ0v) is 12.9. The highest BCUT2D eigenvalue weighted by Crippen LogP contribution is 2.19. The fourth-order valence-electron chi connectivity index (χ4n) is 2.30. The van der Waals surface area contributed by atoms with E-state index in [-0.39, 0.29) is 12.6 Å². The number of hydrogen-bond acceptors (Lipinski definition) is 4.